The number of aromatic amines is 1. The Kier molecular flexibility index (Phi) is 10.2. The van der Waals surface area contributed by atoms with Crippen LogP contribution in [0.4, 0.5) is 0 Å². The molecule has 194 valence electrons. The number of likely N-dealkylation sites (tertiary alicyclic amines) is 1. The number of nitrogens with one attached hydrogen (secondary N) is 3. The highest BCUT2D eigenvalue weighted by Crippen LogP contribution is 2.20. The van der Waals surface area contributed by atoms with Gasteiger partial charge in [-0.15, -0.1) is 0 Å². The van der Waals surface area contributed by atoms with E-state index in [2.05, 4.69) is 20.6 Å². The van der Waals surface area contributed by atoms with E-state index < -0.39 is 54.3 Å². The molecular formula is C22H34N6O7. The first-order valence-electron chi connectivity index (χ1n) is 11.6. The molecule has 1 saturated heterocycles. The van der Waals surface area contributed by atoms with Crippen LogP contribution < -0.4 is 16.4 Å². The van der Waals surface area contributed by atoms with Crippen LogP contribution in [0.15, 0.2) is 12.5 Å². The summed E-state index contributed by atoms with van der Waals surface area (Å²) in [6, 6.07) is -4.23. The molecule has 4 unspecified atom stereocenters. The Labute approximate surface area is 202 Å². The molecule has 35 heavy (non-hydrogen) atoms. The first-order valence-corrected chi connectivity index (χ1v) is 11.6. The Balaban J connectivity index is 2.11. The summed E-state index contributed by atoms with van der Waals surface area (Å²) in [6.07, 6.45) is 3.43. The fourth-order valence-corrected chi connectivity index (χ4v) is 4.02. The van der Waals surface area contributed by atoms with Gasteiger partial charge < -0.3 is 36.5 Å². The van der Waals surface area contributed by atoms with Gasteiger partial charge >= 0.3 is 11.9 Å². The van der Waals surface area contributed by atoms with Gasteiger partial charge in [0.1, 0.15) is 18.1 Å². The second-order valence-electron chi connectivity index (χ2n) is 9.10. The third kappa shape index (κ3) is 8.35. The molecule has 1 aliphatic heterocycles. The summed E-state index contributed by atoms with van der Waals surface area (Å²) in [5.41, 5.74) is 6.49. The van der Waals surface area contributed by atoms with Crippen LogP contribution in [0.1, 0.15) is 51.6 Å². The zero-order chi connectivity index (χ0) is 26.1. The maximum atomic E-state index is 13.0. The van der Waals surface area contributed by atoms with Gasteiger partial charge in [0.15, 0.2) is 0 Å². The molecule has 13 heteroatoms. The van der Waals surface area contributed by atoms with Crippen molar-refractivity contribution in [3.05, 3.63) is 18.2 Å². The number of hydrogen-bond acceptors (Lipinski definition) is 7. The minimum atomic E-state index is -1.33. The van der Waals surface area contributed by atoms with Crippen molar-refractivity contribution >= 4 is 29.7 Å². The number of amides is 3. The van der Waals surface area contributed by atoms with Crippen LogP contribution in [0, 0.1) is 5.92 Å². The quantitative estimate of drug-likeness (QED) is 0.203. The minimum absolute atomic E-state index is 0.0840. The first kappa shape index (κ1) is 27.8. The number of carbonyl (C=O) groups is 5. The average molecular weight is 495 g/mol. The molecule has 0 saturated carbocycles. The van der Waals surface area contributed by atoms with Gasteiger partial charge in [0, 0.05) is 31.3 Å². The molecule has 0 bridgehead atoms. The number of aromatic nitrogens is 2. The van der Waals surface area contributed by atoms with E-state index in [-0.39, 0.29) is 24.7 Å². The molecule has 1 aliphatic rings. The molecule has 7 N–H and O–H groups in total. The zero-order valence-corrected chi connectivity index (χ0v) is 19.9. The van der Waals surface area contributed by atoms with Crippen molar-refractivity contribution in [2.24, 2.45) is 11.7 Å². The first-order chi connectivity index (χ1) is 16.5. The third-order valence-corrected chi connectivity index (χ3v) is 5.75. The summed E-state index contributed by atoms with van der Waals surface area (Å²) in [5.74, 6) is -4.09. The minimum Gasteiger partial charge on any atom is -0.481 e. The molecule has 0 radical (unpaired) electrons. The highest BCUT2D eigenvalue weighted by atomic mass is 16.4. The molecule has 13 nitrogen and oxygen atoms in total. The van der Waals surface area contributed by atoms with Gasteiger partial charge in [-0.05, 0) is 31.6 Å². The van der Waals surface area contributed by atoms with Crippen molar-refractivity contribution < 1.29 is 34.2 Å². The Hall–Kier alpha value is -3.48. The Morgan fingerprint density at radius 1 is 1.20 bits per heavy atom. The average Bonchev–Trinajstić information content (AvgIpc) is 3.46. The van der Waals surface area contributed by atoms with Gasteiger partial charge in [0.2, 0.25) is 17.7 Å². The van der Waals surface area contributed by atoms with Gasteiger partial charge in [-0.25, -0.2) is 9.78 Å². The number of imidazole rings is 1. The highest BCUT2D eigenvalue weighted by Gasteiger charge is 2.38. The van der Waals surface area contributed by atoms with Crippen molar-refractivity contribution in [1.82, 2.24) is 25.5 Å². The maximum Gasteiger partial charge on any atom is 0.326 e. The molecule has 1 aromatic heterocycles. The highest BCUT2D eigenvalue weighted by molar-refractivity contribution is 5.94. The van der Waals surface area contributed by atoms with Crippen LogP contribution in [0.25, 0.3) is 0 Å². The molecule has 4 atom stereocenters. The molecule has 0 spiro atoms. The fourth-order valence-electron chi connectivity index (χ4n) is 4.02. The number of rotatable bonds is 13. The summed E-state index contributed by atoms with van der Waals surface area (Å²) in [5, 5.41) is 23.4. The topological polar surface area (TPSA) is 208 Å². The molecule has 0 aliphatic carbocycles. The number of H-pyrrole nitrogens is 1. The van der Waals surface area contributed by atoms with Crippen LogP contribution in [0.3, 0.4) is 0 Å². The van der Waals surface area contributed by atoms with Crippen molar-refractivity contribution in [3.8, 4) is 0 Å². The lowest BCUT2D eigenvalue weighted by atomic mass is 10.0. The SMILES string of the molecule is CC(C)CC(N)C(=O)N1CCCC1C(=O)NC(CCC(=O)O)C(=O)NC(Cc1cnc[nH]1)C(=O)O. The smallest absolute Gasteiger partial charge is 0.326 e. The van der Waals surface area contributed by atoms with Gasteiger partial charge in [-0.3, -0.25) is 19.2 Å². The second kappa shape index (κ2) is 12.8. The number of hydrogen-bond donors (Lipinski definition) is 6. The number of aliphatic carboxylic acids is 2. The molecule has 2 rings (SSSR count). The Morgan fingerprint density at radius 3 is 2.49 bits per heavy atom. The second-order valence-corrected chi connectivity index (χ2v) is 9.10. The standard InChI is InChI=1S/C22H34N6O7/c1-12(2)8-14(23)21(33)28-7-3-4-17(28)20(32)26-15(5-6-18(29)30)19(31)27-16(22(34)35)9-13-10-24-11-25-13/h10-12,14-17H,3-9,23H2,1-2H3,(H,24,25)(H,26,32)(H,27,31)(H,29,30)(H,34,35). The molecule has 1 aromatic rings. The largest absolute Gasteiger partial charge is 0.481 e. The molecule has 2 heterocycles. The summed E-state index contributed by atoms with van der Waals surface area (Å²) < 4.78 is 0. The lowest BCUT2D eigenvalue weighted by Crippen LogP contribution is -2.57. The normalized spacial score (nSPS) is 18.1. The van der Waals surface area contributed by atoms with Crippen LogP contribution in [-0.2, 0) is 30.4 Å². The number of carboxylic acid groups (broad SMARTS) is 2. The molecular weight excluding hydrogens is 460 g/mol. The monoisotopic (exact) mass is 494 g/mol. The lowest BCUT2D eigenvalue weighted by molar-refractivity contribution is -0.143. The van der Waals surface area contributed by atoms with Crippen molar-refractivity contribution in [2.75, 3.05) is 6.54 Å². The number of nitrogens with zero attached hydrogens (tertiary/aromatic N) is 2. The Morgan fingerprint density at radius 2 is 1.91 bits per heavy atom. The maximum absolute atomic E-state index is 13.0. The van der Waals surface area contributed by atoms with Crippen LogP contribution in [0.2, 0.25) is 0 Å². The van der Waals surface area contributed by atoms with Gasteiger partial charge in [0.25, 0.3) is 0 Å². The van der Waals surface area contributed by atoms with E-state index in [1.54, 1.807) is 0 Å². The van der Waals surface area contributed by atoms with Crippen molar-refractivity contribution in [2.45, 2.75) is 76.5 Å². The van der Waals surface area contributed by atoms with Gasteiger partial charge in [0.05, 0.1) is 12.4 Å². The fraction of sp³-hybridized carbons (Fsp3) is 0.636. The number of carboxylic acids is 2. The zero-order valence-electron chi connectivity index (χ0n) is 19.9. The van der Waals surface area contributed by atoms with Crippen molar-refractivity contribution in [3.63, 3.8) is 0 Å². The Bertz CT molecular complexity index is 904. The van der Waals surface area contributed by atoms with E-state index in [9.17, 15) is 29.1 Å². The van der Waals surface area contributed by atoms with E-state index in [4.69, 9.17) is 10.8 Å². The summed E-state index contributed by atoms with van der Waals surface area (Å²) in [6.45, 7) is 4.22. The van der Waals surface area contributed by atoms with E-state index in [1.165, 1.54) is 17.4 Å². The van der Waals surface area contributed by atoms with Crippen LogP contribution in [-0.4, -0.2) is 85.5 Å². The van der Waals surface area contributed by atoms with Crippen LogP contribution in [0.5, 0.6) is 0 Å². The number of carbonyl (C=O) groups excluding carboxylic acids is 3. The number of nitrogens with two attached hydrogens (primary N) is 1. The van der Waals surface area contributed by atoms with Gasteiger partial charge in [-0.2, -0.15) is 0 Å². The van der Waals surface area contributed by atoms with E-state index in [0.29, 0.717) is 31.5 Å². The van der Waals surface area contributed by atoms with Gasteiger partial charge in [-0.1, -0.05) is 13.8 Å². The van der Waals surface area contributed by atoms with E-state index in [1.807, 2.05) is 13.8 Å². The summed E-state index contributed by atoms with van der Waals surface area (Å²) in [4.78, 5) is 69.4. The van der Waals surface area contributed by atoms with E-state index in [0.717, 1.165) is 0 Å². The summed E-state index contributed by atoms with van der Waals surface area (Å²) in [7, 11) is 0. The third-order valence-electron chi connectivity index (χ3n) is 5.75. The molecule has 0 aromatic carbocycles. The predicted octanol–water partition coefficient (Wildman–Crippen LogP) is -0.764. The van der Waals surface area contributed by atoms with Crippen molar-refractivity contribution in [1.29, 1.82) is 0 Å². The summed E-state index contributed by atoms with van der Waals surface area (Å²) >= 11 is 0. The molecule has 3 amide bonds. The lowest BCUT2D eigenvalue weighted by Gasteiger charge is -2.29. The van der Waals surface area contributed by atoms with Crippen LogP contribution >= 0.6 is 0 Å². The van der Waals surface area contributed by atoms with E-state index >= 15 is 0 Å². The predicted molar refractivity (Wildman–Crippen MR) is 123 cm³/mol. The molecule has 1 fully saturated rings.